The zero-order valence-electron chi connectivity index (χ0n) is 13.2. The molecule has 0 bridgehead atoms. The number of benzene rings is 1. The Bertz CT molecular complexity index is 761. The molecule has 0 saturated heterocycles. The van der Waals surface area contributed by atoms with Gasteiger partial charge in [0.15, 0.2) is 0 Å². The lowest BCUT2D eigenvalue weighted by Crippen LogP contribution is -2.34. The number of nitrogens with zero attached hydrogens (tertiary/aromatic N) is 2. The Morgan fingerprint density at radius 3 is 2.87 bits per heavy atom. The van der Waals surface area contributed by atoms with E-state index in [1.165, 1.54) is 12.1 Å². The second-order valence-corrected chi connectivity index (χ2v) is 5.89. The molecule has 2 aromatic rings. The third kappa shape index (κ3) is 2.97. The van der Waals surface area contributed by atoms with Gasteiger partial charge < -0.3 is 10.0 Å². The number of aromatic nitrogens is 1. The summed E-state index contributed by atoms with van der Waals surface area (Å²) in [6, 6.07) is 6.51. The average molecular weight is 314 g/mol. The molecule has 3 rings (SSSR count). The lowest BCUT2D eigenvalue weighted by Gasteiger charge is -2.20. The van der Waals surface area contributed by atoms with Crippen LogP contribution in [0.2, 0.25) is 0 Å². The normalized spacial score (nSPS) is 15.0. The van der Waals surface area contributed by atoms with Gasteiger partial charge in [0, 0.05) is 11.8 Å². The number of hydrogen-bond acceptors (Lipinski definition) is 3. The fraction of sp³-hybridized carbons (Fsp3) is 0.333. The molecule has 0 radical (unpaired) electrons. The smallest absolute Gasteiger partial charge is 0.233 e. The maximum Gasteiger partial charge on any atom is 0.233 e. The van der Waals surface area contributed by atoms with Gasteiger partial charge in [-0.25, -0.2) is 4.39 Å². The molecular formula is C18H19FN2O2. The zero-order chi connectivity index (χ0) is 16.6. The second-order valence-electron chi connectivity index (χ2n) is 5.89. The van der Waals surface area contributed by atoms with Crippen LogP contribution in [0.15, 0.2) is 30.5 Å². The van der Waals surface area contributed by atoms with E-state index in [0.717, 1.165) is 28.1 Å². The van der Waals surface area contributed by atoms with Gasteiger partial charge in [0.25, 0.3) is 0 Å². The number of aliphatic hydroxyl groups excluding tert-OH is 1. The van der Waals surface area contributed by atoms with Crippen molar-refractivity contribution in [3.63, 3.8) is 0 Å². The van der Waals surface area contributed by atoms with Gasteiger partial charge in [0.05, 0.1) is 30.5 Å². The minimum absolute atomic E-state index is 0.0482. The first kappa shape index (κ1) is 15.6. The molecule has 1 N–H and O–H groups in total. The molecule has 1 aliphatic rings. The van der Waals surface area contributed by atoms with Crippen molar-refractivity contribution in [2.45, 2.75) is 32.8 Å². The van der Waals surface area contributed by atoms with Crippen molar-refractivity contribution in [1.29, 1.82) is 0 Å². The largest absolute Gasteiger partial charge is 0.391 e. The average Bonchev–Trinajstić information content (AvgIpc) is 2.82. The minimum atomic E-state index is -0.555. The van der Waals surface area contributed by atoms with Crippen molar-refractivity contribution >= 4 is 11.6 Å². The minimum Gasteiger partial charge on any atom is -0.391 e. The zero-order valence-corrected chi connectivity index (χ0v) is 13.2. The van der Waals surface area contributed by atoms with E-state index in [1.54, 1.807) is 17.2 Å². The molecule has 120 valence electrons. The highest BCUT2D eigenvalue weighted by molar-refractivity contribution is 6.01. The van der Waals surface area contributed by atoms with Gasteiger partial charge in [-0.1, -0.05) is 13.0 Å². The molecule has 0 saturated carbocycles. The summed E-state index contributed by atoms with van der Waals surface area (Å²) < 4.78 is 13.3. The molecule has 0 unspecified atom stereocenters. The van der Waals surface area contributed by atoms with Crippen LogP contribution >= 0.6 is 0 Å². The molecule has 0 fully saturated rings. The third-order valence-electron chi connectivity index (χ3n) is 4.22. The number of hydrogen-bond donors (Lipinski definition) is 1. The van der Waals surface area contributed by atoms with E-state index in [-0.39, 0.29) is 24.7 Å². The Morgan fingerprint density at radius 1 is 1.39 bits per heavy atom. The molecule has 1 aromatic heterocycles. The number of aryl methyl sites for hydroxylation is 1. The molecule has 1 aliphatic heterocycles. The van der Waals surface area contributed by atoms with Gasteiger partial charge in [-0.3, -0.25) is 9.78 Å². The van der Waals surface area contributed by atoms with E-state index in [9.17, 15) is 14.3 Å². The van der Waals surface area contributed by atoms with Crippen LogP contribution in [-0.4, -0.2) is 28.6 Å². The highest BCUT2D eigenvalue weighted by Gasteiger charge is 2.30. The van der Waals surface area contributed by atoms with E-state index in [1.807, 2.05) is 19.9 Å². The summed E-state index contributed by atoms with van der Waals surface area (Å²) in [7, 11) is 0. The standard InChI is InChI=1S/C18H19FN2O2/c1-3-14(22)10-21-17-7-12(9-20-16(17)8-18(21)23)15-5-4-13(19)6-11(15)2/h4-7,9,14,22H,3,8,10H2,1-2H3/t14-/m0/s1. The summed E-state index contributed by atoms with van der Waals surface area (Å²) >= 11 is 0. The molecule has 23 heavy (non-hydrogen) atoms. The van der Waals surface area contributed by atoms with Crippen LogP contribution in [0.4, 0.5) is 10.1 Å². The van der Waals surface area contributed by atoms with Crippen LogP contribution in [0.3, 0.4) is 0 Å². The predicted octanol–water partition coefficient (Wildman–Crippen LogP) is 2.86. The van der Waals surface area contributed by atoms with Crippen LogP contribution in [0.5, 0.6) is 0 Å². The van der Waals surface area contributed by atoms with E-state index >= 15 is 0 Å². The summed E-state index contributed by atoms with van der Waals surface area (Å²) in [5, 5.41) is 9.87. The number of carbonyl (C=O) groups excluding carboxylic acids is 1. The maximum atomic E-state index is 13.3. The quantitative estimate of drug-likeness (QED) is 0.944. The predicted molar refractivity (Wildman–Crippen MR) is 86.7 cm³/mol. The van der Waals surface area contributed by atoms with Crippen molar-refractivity contribution in [2.75, 3.05) is 11.4 Å². The van der Waals surface area contributed by atoms with Crippen LogP contribution < -0.4 is 4.90 Å². The van der Waals surface area contributed by atoms with Crippen molar-refractivity contribution in [1.82, 2.24) is 4.98 Å². The number of β-amino-alcohol motifs (C(OH)–C–C–N with tert-alkyl or cyclic N) is 1. The number of anilines is 1. The van der Waals surface area contributed by atoms with Gasteiger partial charge in [-0.05, 0) is 42.7 Å². The monoisotopic (exact) mass is 314 g/mol. The van der Waals surface area contributed by atoms with Crippen molar-refractivity contribution < 1.29 is 14.3 Å². The van der Waals surface area contributed by atoms with Gasteiger partial charge in [-0.2, -0.15) is 0 Å². The maximum absolute atomic E-state index is 13.3. The molecule has 1 atom stereocenters. The van der Waals surface area contributed by atoms with E-state index in [0.29, 0.717) is 6.42 Å². The number of amides is 1. The SMILES string of the molecule is CC[C@H](O)CN1C(=O)Cc2ncc(-c3ccc(F)cc3C)cc21. The van der Waals surface area contributed by atoms with E-state index in [2.05, 4.69) is 4.98 Å². The Hall–Kier alpha value is -2.27. The summed E-state index contributed by atoms with van der Waals surface area (Å²) in [6.07, 6.45) is 2.00. The first-order valence-electron chi connectivity index (χ1n) is 7.73. The van der Waals surface area contributed by atoms with E-state index < -0.39 is 6.10 Å². The van der Waals surface area contributed by atoms with Crippen LogP contribution in [0.1, 0.15) is 24.6 Å². The Kier molecular flexibility index (Phi) is 4.13. The van der Waals surface area contributed by atoms with E-state index in [4.69, 9.17) is 0 Å². The lowest BCUT2D eigenvalue weighted by atomic mass is 10.0. The lowest BCUT2D eigenvalue weighted by molar-refractivity contribution is -0.117. The molecule has 5 heteroatoms. The molecule has 2 heterocycles. The number of fused-ring (bicyclic) bond motifs is 1. The Balaban J connectivity index is 2.00. The first-order chi connectivity index (χ1) is 11.0. The summed E-state index contributed by atoms with van der Waals surface area (Å²) in [4.78, 5) is 18.2. The molecule has 0 spiro atoms. The number of pyridine rings is 1. The molecule has 0 aliphatic carbocycles. The molecule has 4 nitrogen and oxygen atoms in total. The van der Waals surface area contributed by atoms with Crippen LogP contribution in [-0.2, 0) is 11.2 Å². The topological polar surface area (TPSA) is 53.4 Å². The van der Waals surface area contributed by atoms with Crippen molar-refractivity contribution in [2.24, 2.45) is 0 Å². The second kappa shape index (κ2) is 6.08. The fourth-order valence-electron chi connectivity index (χ4n) is 2.86. The van der Waals surface area contributed by atoms with Crippen molar-refractivity contribution in [3.8, 4) is 11.1 Å². The summed E-state index contributed by atoms with van der Waals surface area (Å²) in [6.45, 7) is 3.99. The van der Waals surface area contributed by atoms with Gasteiger partial charge in [0.1, 0.15) is 5.82 Å². The Morgan fingerprint density at radius 2 is 2.17 bits per heavy atom. The summed E-state index contributed by atoms with van der Waals surface area (Å²) in [5.74, 6) is -0.323. The number of carbonyl (C=O) groups is 1. The van der Waals surface area contributed by atoms with Crippen LogP contribution in [0, 0.1) is 12.7 Å². The first-order valence-corrected chi connectivity index (χ1v) is 7.73. The van der Waals surface area contributed by atoms with Gasteiger partial charge in [0.2, 0.25) is 5.91 Å². The number of halogens is 1. The number of rotatable bonds is 4. The van der Waals surface area contributed by atoms with Crippen molar-refractivity contribution in [3.05, 3.63) is 47.5 Å². The highest BCUT2D eigenvalue weighted by atomic mass is 19.1. The summed E-state index contributed by atoms with van der Waals surface area (Å²) in [5.41, 5.74) is 4.01. The fourth-order valence-corrected chi connectivity index (χ4v) is 2.86. The highest BCUT2D eigenvalue weighted by Crippen LogP contribution is 2.33. The van der Waals surface area contributed by atoms with Gasteiger partial charge >= 0.3 is 0 Å². The van der Waals surface area contributed by atoms with Crippen LogP contribution in [0.25, 0.3) is 11.1 Å². The molecule has 1 aromatic carbocycles. The third-order valence-corrected chi connectivity index (χ3v) is 4.22. The molecular weight excluding hydrogens is 295 g/mol. The Labute approximate surface area is 134 Å². The number of aliphatic hydroxyl groups is 1. The molecule has 1 amide bonds. The van der Waals surface area contributed by atoms with Gasteiger partial charge in [-0.15, -0.1) is 0 Å².